The average molecular weight is 379 g/mol. The van der Waals surface area contributed by atoms with Gasteiger partial charge in [-0.15, -0.1) is 16.8 Å². The van der Waals surface area contributed by atoms with Gasteiger partial charge in [0.15, 0.2) is 11.1 Å². The molecule has 1 saturated carbocycles. The molecule has 6 nitrogen and oxygen atoms in total. The highest BCUT2D eigenvalue weighted by atomic mass is 32.2. The van der Waals surface area contributed by atoms with Crippen LogP contribution in [0.25, 0.3) is 0 Å². The fourth-order valence-electron chi connectivity index (χ4n) is 3.56. The molecule has 0 unspecified atom stereocenters. The Hall–Kier alpha value is -1.50. The van der Waals surface area contributed by atoms with Gasteiger partial charge in [0.05, 0.1) is 0 Å². The number of aliphatic imine (C=N–C) groups is 1. The Labute approximate surface area is 162 Å². The third-order valence-electron chi connectivity index (χ3n) is 4.94. The lowest BCUT2D eigenvalue weighted by molar-refractivity contribution is 0.456. The van der Waals surface area contributed by atoms with Crippen molar-refractivity contribution in [3.05, 3.63) is 18.5 Å². The molecule has 1 aliphatic carbocycles. The summed E-state index contributed by atoms with van der Waals surface area (Å²) in [7, 11) is 3.92. The maximum absolute atomic E-state index is 4.47. The number of guanidine groups is 1. The minimum Gasteiger partial charge on any atom is -0.356 e. The van der Waals surface area contributed by atoms with Gasteiger partial charge in [0.2, 0.25) is 0 Å². The van der Waals surface area contributed by atoms with Crippen molar-refractivity contribution in [2.24, 2.45) is 4.99 Å². The Balaban J connectivity index is 1.82. The molecule has 0 bridgehead atoms. The number of unbranched alkanes of at least 4 members (excludes halogenated alkanes) is 1. The smallest absolute Gasteiger partial charge is 0.193 e. The number of hydrogen-bond acceptors (Lipinski definition) is 4. The fraction of sp³-hybridized carbons (Fsp3) is 0.737. The van der Waals surface area contributed by atoms with Gasteiger partial charge >= 0.3 is 0 Å². The van der Waals surface area contributed by atoms with Crippen LogP contribution in [-0.4, -0.2) is 59.1 Å². The van der Waals surface area contributed by atoms with Crippen molar-refractivity contribution in [1.82, 2.24) is 25.0 Å². The molecular weight excluding hydrogens is 344 g/mol. The quantitative estimate of drug-likeness (QED) is 0.222. The van der Waals surface area contributed by atoms with Gasteiger partial charge in [0.1, 0.15) is 5.82 Å². The van der Waals surface area contributed by atoms with Crippen LogP contribution in [0.5, 0.6) is 0 Å². The van der Waals surface area contributed by atoms with Gasteiger partial charge in [-0.2, -0.15) is 0 Å². The van der Waals surface area contributed by atoms with Gasteiger partial charge in [-0.05, 0) is 38.4 Å². The maximum Gasteiger partial charge on any atom is 0.193 e. The normalized spacial score (nSPS) is 15.4. The SMILES string of the molecule is C=CCCCN(C)C(=NC)NCCCc1nnc(SC)n1C1CCCC1. The van der Waals surface area contributed by atoms with E-state index in [1.165, 1.54) is 25.7 Å². The van der Waals surface area contributed by atoms with Crippen LogP contribution in [0.4, 0.5) is 0 Å². The Morgan fingerprint density at radius 2 is 2.15 bits per heavy atom. The topological polar surface area (TPSA) is 58.3 Å². The lowest BCUT2D eigenvalue weighted by Gasteiger charge is -2.22. The monoisotopic (exact) mass is 378 g/mol. The zero-order valence-corrected chi connectivity index (χ0v) is 17.4. The van der Waals surface area contributed by atoms with Gasteiger partial charge in [0.25, 0.3) is 0 Å². The number of aromatic nitrogens is 3. The van der Waals surface area contributed by atoms with Gasteiger partial charge in [0, 0.05) is 39.6 Å². The van der Waals surface area contributed by atoms with Crippen molar-refractivity contribution in [2.75, 3.05) is 33.4 Å². The van der Waals surface area contributed by atoms with E-state index in [9.17, 15) is 0 Å². The van der Waals surface area contributed by atoms with Crippen LogP contribution in [0.1, 0.15) is 56.8 Å². The van der Waals surface area contributed by atoms with Crippen molar-refractivity contribution in [3.63, 3.8) is 0 Å². The minimum atomic E-state index is 0.596. The van der Waals surface area contributed by atoms with Gasteiger partial charge in [-0.1, -0.05) is 30.7 Å². The summed E-state index contributed by atoms with van der Waals surface area (Å²) < 4.78 is 2.40. The highest BCUT2D eigenvalue weighted by molar-refractivity contribution is 7.98. The highest BCUT2D eigenvalue weighted by Gasteiger charge is 2.23. The molecule has 1 aliphatic rings. The number of allylic oxidation sites excluding steroid dienone is 1. The largest absolute Gasteiger partial charge is 0.356 e. The number of hydrogen-bond donors (Lipinski definition) is 1. The lowest BCUT2D eigenvalue weighted by Crippen LogP contribution is -2.39. The fourth-order valence-corrected chi connectivity index (χ4v) is 4.13. The van der Waals surface area contributed by atoms with E-state index >= 15 is 0 Å². The molecular formula is C19H34N6S. The predicted octanol–water partition coefficient (Wildman–Crippen LogP) is 3.52. The summed E-state index contributed by atoms with van der Waals surface area (Å²) in [5.74, 6) is 2.09. The van der Waals surface area contributed by atoms with Gasteiger partial charge < -0.3 is 14.8 Å². The van der Waals surface area contributed by atoms with E-state index in [0.29, 0.717) is 6.04 Å². The molecule has 1 aromatic rings. The molecule has 0 saturated heterocycles. The summed E-state index contributed by atoms with van der Waals surface area (Å²) in [6, 6.07) is 0.596. The number of aryl methyl sites for hydroxylation is 1. The number of nitrogens with one attached hydrogen (secondary N) is 1. The van der Waals surface area contributed by atoms with Crippen LogP contribution in [0, 0.1) is 0 Å². The van der Waals surface area contributed by atoms with Crippen LogP contribution in [0.15, 0.2) is 22.8 Å². The standard InChI is InChI=1S/C19H34N6S/c1-5-6-9-15-24(3)18(20-2)21-14-10-13-17-22-23-19(26-4)25(17)16-11-7-8-12-16/h5,16H,1,6-15H2,2-4H3,(H,20,21). The van der Waals surface area contributed by atoms with Crippen molar-refractivity contribution in [2.45, 2.75) is 62.6 Å². The summed E-state index contributed by atoms with van der Waals surface area (Å²) in [5.41, 5.74) is 0. The van der Waals surface area contributed by atoms with E-state index in [-0.39, 0.29) is 0 Å². The zero-order valence-electron chi connectivity index (χ0n) is 16.6. The Bertz CT molecular complexity index is 577. The molecule has 1 fully saturated rings. The Morgan fingerprint density at radius 3 is 2.81 bits per heavy atom. The molecule has 1 aromatic heterocycles. The molecule has 1 N–H and O–H groups in total. The van der Waals surface area contributed by atoms with E-state index in [4.69, 9.17) is 0 Å². The van der Waals surface area contributed by atoms with Crippen LogP contribution in [-0.2, 0) is 6.42 Å². The number of thioether (sulfide) groups is 1. The molecule has 0 amide bonds. The van der Waals surface area contributed by atoms with E-state index in [0.717, 1.165) is 55.7 Å². The van der Waals surface area contributed by atoms with Crippen molar-refractivity contribution < 1.29 is 0 Å². The van der Waals surface area contributed by atoms with Crippen LogP contribution in [0.3, 0.4) is 0 Å². The first-order valence-electron chi connectivity index (χ1n) is 9.71. The van der Waals surface area contributed by atoms with E-state index in [2.05, 4.69) is 49.9 Å². The van der Waals surface area contributed by atoms with Crippen LogP contribution in [0.2, 0.25) is 0 Å². The molecule has 0 spiro atoms. The molecule has 0 aromatic carbocycles. The molecule has 0 radical (unpaired) electrons. The van der Waals surface area contributed by atoms with Crippen molar-refractivity contribution >= 4 is 17.7 Å². The Kier molecular flexibility index (Phi) is 9.01. The number of rotatable bonds is 10. The molecule has 26 heavy (non-hydrogen) atoms. The maximum atomic E-state index is 4.47. The van der Waals surface area contributed by atoms with Gasteiger partial charge in [-0.25, -0.2) is 0 Å². The third-order valence-corrected chi connectivity index (χ3v) is 5.59. The first kappa shape index (κ1) is 20.8. The number of nitrogens with zero attached hydrogens (tertiary/aromatic N) is 5. The minimum absolute atomic E-state index is 0.596. The van der Waals surface area contributed by atoms with Gasteiger partial charge in [-0.3, -0.25) is 4.99 Å². The van der Waals surface area contributed by atoms with Crippen molar-refractivity contribution in [1.29, 1.82) is 0 Å². The highest BCUT2D eigenvalue weighted by Crippen LogP contribution is 2.33. The molecule has 0 atom stereocenters. The van der Waals surface area contributed by atoms with E-state index < -0.39 is 0 Å². The summed E-state index contributed by atoms with van der Waals surface area (Å²) in [5, 5.41) is 13.4. The first-order valence-corrected chi connectivity index (χ1v) is 10.9. The van der Waals surface area contributed by atoms with Crippen LogP contribution < -0.4 is 5.32 Å². The third kappa shape index (κ3) is 5.76. The predicted molar refractivity (Wildman–Crippen MR) is 111 cm³/mol. The second kappa shape index (κ2) is 11.3. The molecule has 146 valence electrons. The second-order valence-corrected chi connectivity index (χ2v) is 7.61. The zero-order chi connectivity index (χ0) is 18.8. The molecule has 7 heteroatoms. The summed E-state index contributed by atoms with van der Waals surface area (Å²) in [6.45, 7) is 5.65. The van der Waals surface area contributed by atoms with E-state index in [1.807, 2.05) is 13.1 Å². The summed E-state index contributed by atoms with van der Waals surface area (Å²) in [6.07, 6.45) is 13.3. The second-order valence-electron chi connectivity index (χ2n) is 6.84. The summed E-state index contributed by atoms with van der Waals surface area (Å²) >= 11 is 1.71. The lowest BCUT2D eigenvalue weighted by atomic mass is 10.2. The van der Waals surface area contributed by atoms with Crippen molar-refractivity contribution in [3.8, 4) is 0 Å². The van der Waals surface area contributed by atoms with Crippen LogP contribution >= 0.6 is 11.8 Å². The van der Waals surface area contributed by atoms with E-state index in [1.54, 1.807) is 11.8 Å². The summed E-state index contributed by atoms with van der Waals surface area (Å²) in [4.78, 5) is 6.56. The molecule has 0 aliphatic heterocycles. The molecule has 1 heterocycles. The first-order chi connectivity index (χ1) is 12.7. The Morgan fingerprint density at radius 1 is 1.38 bits per heavy atom. The molecule has 2 rings (SSSR count). The average Bonchev–Trinajstić information content (AvgIpc) is 3.30.